The number of aliphatic hydroxyl groups excluding tert-OH is 1. The van der Waals surface area contributed by atoms with Crippen LogP contribution in [0.5, 0.6) is 11.5 Å². The molecule has 1 aliphatic rings. The molecular formula is C27H24FNO5. The first kappa shape index (κ1) is 23.0. The normalized spacial score (nSPS) is 17.4. The van der Waals surface area contributed by atoms with Crippen LogP contribution in [-0.4, -0.2) is 29.0 Å². The molecule has 0 spiro atoms. The van der Waals surface area contributed by atoms with E-state index in [0.717, 1.165) is 17.7 Å². The minimum absolute atomic E-state index is 0.158. The Labute approximate surface area is 196 Å². The zero-order valence-electron chi connectivity index (χ0n) is 18.9. The van der Waals surface area contributed by atoms with Gasteiger partial charge in [0.25, 0.3) is 11.7 Å². The predicted octanol–water partition coefficient (Wildman–Crippen LogP) is 5.29. The molecule has 0 aliphatic carbocycles. The highest BCUT2D eigenvalue weighted by Gasteiger charge is 2.47. The zero-order chi connectivity index (χ0) is 24.6. The van der Waals surface area contributed by atoms with Gasteiger partial charge in [0, 0.05) is 11.3 Å². The molecule has 4 rings (SSSR count). The van der Waals surface area contributed by atoms with Crippen LogP contribution in [0, 0.1) is 5.82 Å². The number of methoxy groups -OCH3 is 1. The number of hydrogen-bond donors (Lipinski definition) is 2. The third-order valence-corrected chi connectivity index (χ3v) is 5.92. The van der Waals surface area contributed by atoms with Gasteiger partial charge in [-0.3, -0.25) is 14.5 Å². The molecule has 1 saturated heterocycles. The Hall–Kier alpha value is -4.13. The van der Waals surface area contributed by atoms with Crippen molar-refractivity contribution in [3.05, 3.63) is 94.8 Å². The van der Waals surface area contributed by atoms with Crippen LogP contribution in [0.1, 0.15) is 42.5 Å². The standard InChI is InChI=1S/C27H24FNO5/c1-15(2)16-6-11-20(12-7-16)29-24(18-8-13-22(34-3)21(30)14-18)23(26(32)27(29)33)25(31)17-4-9-19(28)10-5-17/h4-15,24,30-31H,1-3H3/b25-23-. The molecule has 0 radical (unpaired) electrons. The van der Waals surface area contributed by atoms with Gasteiger partial charge in [-0.15, -0.1) is 0 Å². The number of carbonyl (C=O) groups excluding carboxylic acids is 2. The minimum Gasteiger partial charge on any atom is -0.507 e. The van der Waals surface area contributed by atoms with Gasteiger partial charge < -0.3 is 14.9 Å². The molecule has 1 aliphatic heterocycles. The van der Waals surface area contributed by atoms with Crippen molar-refractivity contribution in [2.75, 3.05) is 12.0 Å². The third kappa shape index (κ3) is 4.01. The van der Waals surface area contributed by atoms with Gasteiger partial charge in [0.05, 0.1) is 18.7 Å². The molecule has 1 amide bonds. The Balaban J connectivity index is 1.92. The van der Waals surface area contributed by atoms with Gasteiger partial charge in [-0.25, -0.2) is 4.39 Å². The largest absolute Gasteiger partial charge is 0.507 e. The first-order valence-corrected chi connectivity index (χ1v) is 10.8. The lowest BCUT2D eigenvalue weighted by Crippen LogP contribution is -2.29. The van der Waals surface area contributed by atoms with Crippen molar-refractivity contribution >= 4 is 23.1 Å². The average Bonchev–Trinajstić information content (AvgIpc) is 3.09. The summed E-state index contributed by atoms with van der Waals surface area (Å²) in [6, 6.07) is 15.7. The summed E-state index contributed by atoms with van der Waals surface area (Å²) in [6.07, 6.45) is 0. The second-order valence-electron chi connectivity index (χ2n) is 8.35. The Morgan fingerprint density at radius 2 is 1.65 bits per heavy atom. The number of rotatable bonds is 5. The molecule has 3 aromatic rings. The highest BCUT2D eigenvalue weighted by molar-refractivity contribution is 6.51. The van der Waals surface area contributed by atoms with Gasteiger partial charge in [-0.1, -0.05) is 32.0 Å². The fourth-order valence-corrected chi connectivity index (χ4v) is 4.07. The van der Waals surface area contributed by atoms with Gasteiger partial charge in [0.1, 0.15) is 11.6 Å². The summed E-state index contributed by atoms with van der Waals surface area (Å²) in [6.45, 7) is 4.09. The number of anilines is 1. The van der Waals surface area contributed by atoms with Crippen LogP contribution in [-0.2, 0) is 9.59 Å². The van der Waals surface area contributed by atoms with Crippen LogP contribution in [0.25, 0.3) is 5.76 Å². The molecule has 3 aromatic carbocycles. The quantitative estimate of drug-likeness (QED) is 0.306. The van der Waals surface area contributed by atoms with Crippen molar-refractivity contribution in [3.63, 3.8) is 0 Å². The first-order chi connectivity index (χ1) is 16.2. The van der Waals surface area contributed by atoms with Crippen LogP contribution in [0.2, 0.25) is 0 Å². The van der Waals surface area contributed by atoms with E-state index < -0.39 is 29.3 Å². The monoisotopic (exact) mass is 461 g/mol. The molecule has 1 heterocycles. The van der Waals surface area contributed by atoms with E-state index in [4.69, 9.17) is 4.74 Å². The van der Waals surface area contributed by atoms with Gasteiger partial charge in [0.2, 0.25) is 0 Å². The first-order valence-electron chi connectivity index (χ1n) is 10.8. The number of ether oxygens (including phenoxy) is 1. The minimum atomic E-state index is -1.02. The molecule has 34 heavy (non-hydrogen) atoms. The van der Waals surface area contributed by atoms with Gasteiger partial charge in [-0.05, 0) is 65.6 Å². The van der Waals surface area contributed by atoms with Crippen LogP contribution >= 0.6 is 0 Å². The molecule has 0 bridgehead atoms. The SMILES string of the molecule is COc1ccc(C2/C(=C(/O)c3ccc(F)cc3)C(=O)C(=O)N2c2ccc(C(C)C)cc2)cc1O. The third-order valence-electron chi connectivity index (χ3n) is 5.92. The number of aromatic hydroxyl groups is 1. The highest BCUT2D eigenvalue weighted by atomic mass is 19.1. The van der Waals surface area contributed by atoms with Gasteiger partial charge in [-0.2, -0.15) is 0 Å². The van der Waals surface area contributed by atoms with E-state index in [1.165, 1.54) is 36.3 Å². The van der Waals surface area contributed by atoms with E-state index in [1.807, 2.05) is 26.0 Å². The molecule has 1 unspecified atom stereocenters. The van der Waals surface area contributed by atoms with Crippen molar-refractivity contribution in [1.82, 2.24) is 0 Å². The number of halogens is 1. The number of carbonyl (C=O) groups is 2. The topological polar surface area (TPSA) is 87.1 Å². The Morgan fingerprint density at radius 1 is 1.00 bits per heavy atom. The smallest absolute Gasteiger partial charge is 0.300 e. The molecule has 1 fully saturated rings. The lowest BCUT2D eigenvalue weighted by molar-refractivity contribution is -0.132. The molecule has 0 aromatic heterocycles. The lowest BCUT2D eigenvalue weighted by atomic mass is 9.94. The number of phenolic OH excluding ortho intramolecular Hbond substituents is 1. The van der Waals surface area contributed by atoms with Crippen molar-refractivity contribution in [1.29, 1.82) is 0 Å². The average molecular weight is 461 g/mol. The second kappa shape index (κ2) is 9.02. The van der Waals surface area contributed by atoms with Crippen molar-refractivity contribution in [2.24, 2.45) is 0 Å². The Bertz CT molecular complexity index is 1280. The van der Waals surface area contributed by atoms with Crippen LogP contribution < -0.4 is 9.64 Å². The highest BCUT2D eigenvalue weighted by Crippen LogP contribution is 2.44. The molecular weight excluding hydrogens is 437 g/mol. The summed E-state index contributed by atoms with van der Waals surface area (Å²) in [5.41, 5.74) is 1.95. The number of hydrogen-bond acceptors (Lipinski definition) is 5. The summed E-state index contributed by atoms with van der Waals surface area (Å²) in [7, 11) is 1.41. The molecule has 6 nitrogen and oxygen atoms in total. The van der Waals surface area contributed by atoms with Crippen LogP contribution in [0.3, 0.4) is 0 Å². The number of benzene rings is 3. The van der Waals surface area contributed by atoms with Gasteiger partial charge in [0.15, 0.2) is 11.5 Å². The summed E-state index contributed by atoms with van der Waals surface area (Å²) in [5, 5.41) is 21.4. The van der Waals surface area contributed by atoms with E-state index in [2.05, 4.69) is 0 Å². The molecule has 2 N–H and O–H groups in total. The van der Waals surface area contributed by atoms with Crippen molar-refractivity contribution < 1.29 is 28.9 Å². The molecule has 0 saturated carbocycles. The van der Waals surface area contributed by atoms with E-state index in [0.29, 0.717) is 11.3 Å². The molecule has 174 valence electrons. The maximum atomic E-state index is 13.4. The maximum absolute atomic E-state index is 13.4. The van der Waals surface area contributed by atoms with E-state index in [-0.39, 0.29) is 28.6 Å². The van der Waals surface area contributed by atoms with Crippen molar-refractivity contribution in [2.45, 2.75) is 25.8 Å². The molecule has 1 atom stereocenters. The van der Waals surface area contributed by atoms with Gasteiger partial charge >= 0.3 is 0 Å². The zero-order valence-corrected chi connectivity index (χ0v) is 18.9. The Morgan fingerprint density at radius 3 is 2.21 bits per heavy atom. The van der Waals surface area contributed by atoms with E-state index in [1.54, 1.807) is 18.2 Å². The predicted molar refractivity (Wildman–Crippen MR) is 126 cm³/mol. The number of nitrogens with zero attached hydrogens (tertiary/aromatic N) is 1. The fourth-order valence-electron chi connectivity index (χ4n) is 4.07. The maximum Gasteiger partial charge on any atom is 0.300 e. The molecule has 7 heteroatoms. The summed E-state index contributed by atoms with van der Waals surface area (Å²) in [5.74, 6) is -2.31. The van der Waals surface area contributed by atoms with Crippen LogP contribution in [0.4, 0.5) is 10.1 Å². The summed E-state index contributed by atoms with van der Waals surface area (Å²) >= 11 is 0. The number of aliphatic hydroxyl groups is 1. The fraction of sp³-hybridized carbons (Fsp3) is 0.185. The Kier molecular flexibility index (Phi) is 6.11. The number of amides is 1. The number of phenols is 1. The van der Waals surface area contributed by atoms with E-state index >= 15 is 0 Å². The van der Waals surface area contributed by atoms with E-state index in [9.17, 15) is 24.2 Å². The number of Topliss-reactive ketones (excluding diaryl/α,β-unsaturated/α-hetero) is 1. The lowest BCUT2D eigenvalue weighted by Gasteiger charge is -2.26. The van der Waals surface area contributed by atoms with Crippen LogP contribution in [0.15, 0.2) is 72.3 Å². The number of ketones is 1. The second-order valence-corrected chi connectivity index (χ2v) is 8.35. The summed E-state index contributed by atoms with van der Waals surface area (Å²) in [4.78, 5) is 27.7. The summed E-state index contributed by atoms with van der Waals surface area (Å²) < 4.78 is 18.5. The van der Waals surface area contributed by atoms with Crippen molar-refractivity contribution in [3.8, 4) is 11.5 Å².